The topological polar surface area (TPSA) is 201 Å². The molecule has 0 spiro atoms. The summed E-state index contributed by atoms with van der Waals surface area (Å²) in [7, 11) is 1.65. The van der Waals surface area contributed by atoms with Gasteiger partial charge >= 0.3 is 12.1 Å². The highest BCUT2D eigenvalue weighted by Crippen LogP contribution is 2.31. The van der Waals surface area contributed by atoms with Gasteiger partial charge in [-0.2, -0.15) is 0 Å². The van der Waals surface area contributed by atoms with Crippen molar-refractivity contribution in [3.05, 3.63) is 71.8 Å². The van der Waals surface area contributed by atoms with E-state index in [1.54, 1.807) is 37.6 Å². The fourth-order valence-electron chi connectivity index (χ4n) is 8.18. The molecular formula is C43H61N9O7. The lowest BCUT2D eigenvalue weighted by molar-refractivity contribution is -0.145. The number of carbonyl (C=O) groups excluding carboxylic acids is 7. The number of hydrogen-bond donors (Lipinski definition) is 6. The third kappa shape index (κ3) is 11.8. The van der Waals surface area contributed by atoms with Gasteiger partial charge in [0.15, 0.2) is 0 Å². The van der Waals surface area contributed by atoms with Crippen LogP contribution in [0.1, 0.15) is 89.3 Å². The second-order valence-corrected chi connectivity index (χ2v) is 15.7. The minimum atomic E-state index is -1.08. The SMILES string of the molecule is CCC(=O)N[C@H](C=O)CN(CC)C(=O)NC1CCC(NC(=O)N2CC[C@H]3CCC(C(=O)NC(c4ccccc4)c4ccccc4)N3C(=O)C(NC(=O)C(C)NC)C2)CC1. The molecule has 2 heterocycles. The number of benzene rings is 2. The molecule has 3 unspecified atom stereocenters. The summed E-state index contributed by atoms with van der Waals surface area (Å²) in [5, 5.41) is 17.8. The summed E-state index contributed by atoms with van der Waals surface area (Å²) in [5.74, 6) is -1.34. The van der Waals surface area contributed by atoms with Crippen LogP contribution >= 0.6 is 0 Å². The molecule has 3 fully saturated rings. The van der Waals surface area contributed by atoms with E-state index in [1.165, 1.54) is 4.90 Å². The molecule has 2 saturated heterocycles. The Labute approximate surface area is 346 Å². The van der Waals surface area contributed by atoms with Gasteiger partial charge in [-0.05, 0) is 77.0 Å². The molecule has 16 nitrogen and oxygen atoms in total. The van der Waals surface area contributed by atoms with Crippen molar-refractivity contribution in [3.63, 3.8) is 0 Å². The fraction of sp³-hybridized carbons (Fsp3) is 0.558. The van der Waals surface area contributed by atoms with E-state index in [-0.39, 0.29) is 61.5 Å². The van der Waals surface area contributed by atoms with E-state index in [0.29, 0.717) is 64.3 Å². The van der Waals surface area contributed by atoms with E-state index >= 15 is 0 Å². The number of likely N-dealkylation sites (N-methyl/N-ethyl adjacent to an activating group) is 2. The Bertz CT molecular complexity index is 1720. The van der Waals surface area contributed by atoms with Crippen LogP contribution in [0.5, 0.6) is 0 Å². The van der Waals surface area contributed by atoms with Gasteiger partial charge in [0.2, 0.25) is 23.6 Å². The zero-order valence-corrected chi connectivity index (χ0v) is 34.7. The van der Waals surface area contributed by atoms with E-state index in [4.69, 9.17) is 0 Å². The summed E-state index contributed by atoms with van der Waals surface area (Å²) >= 11 is 0. The average Bonchev–Trinajstić information content (AvgIpc) is 3.68. The second-order valence-electron chi connectivity index (χ2n) is 15.7. The van der Waals surface area contributed by atoms with Crippen LogP contribution in [0.25, 0.3) is 0 Å². The van der Waals surface area contributed by atoms with Crippen LogP contribution in [-0.2, 0) is 24.0 Å². The highest BCUT2D eigenvalue weighted by atomic mass is 16.2. The number of urea groups is 2. The van der Waals surface area contributed by atoms with Gasteiger partial charge in [-0.3, -0.25) is 19.2 Å². The highest BCUT2D eigenvalue weighted by Gasteiger charge is 2.46. The summed E-state index contributed by atoms with van der Waals surface area (Å²) in [6, 6.07) is 14.4. The van der Waals surface area contributed by atoms with Crippen molar-refractivity contribution in [2.45, 2.75) is 120 Å². The Kier molecular flexibility index (Phi) is 16.2. The largest absolute Gasteiger partial charge is 0.345 e. The van der Waals surface area contributed by atoms with Gasteiger partial charge in [0.25, 0.3) is 0 Å². The predicted molar refractivity (Wildman–Crippen MR) is 222 cm³/mol. The molecule has 16 heteroatoms. The van der Waals surface area contributed by atoms with Gasteiger partial charge in [0.1, 0.15) is 24.4 Å². The van der Waals surface area contributed by atoms with E-state index in [9.17, 15) is 33.6 Å². The fourth-order valence-corrected chi connectivity index (χ4v) is 8.18. The lowest BCUT2D eigenvalue weighted by Crippen LogP contribution is -2.63. The van der Waals surface area contributed by atoms with E-state index in [2.05, 4.69) is 31.9 Å². The maximum absolute atomic E-state index is 14.5. The molecule has 0 aromatic heterocycles. The van der Waals surface area contributed by atoms with E-state index in [1.807, 2.05) is 60.7 Å². The highest BCUT2D eigenvalue weighted by molar-refractivity contribution is 5.94. The Morgan fingerprint density at radius 3 is 1.98 bits per heavy atom. The molecule has 2 aromatic carbocycles. The summed E-state index contributed by atoms with van der Waals surface area (Å²) in [4.78, 5) is 97.0. The molecule has 0 bridgehead atoms. The van der Waals surface area contributed by atoms with Gasteiger partial charge in [-0.25, -0.2) is 9.59 Å². The van der Waals surface area contributed by atoms with Crippen molar-refractivity contribution >= 4 is 42.0 Å². The summed E-state index contributed by atoms with van der Waals surface area (Å²) < 4.78 is 0. The zero-order chi connectivity index (χ0) is 42.5. The van der Waals surface area contributed by atoms with Crippen LogP contribution in [-0.4, -0.2) is 132 Å². The first kappa shape index (κ1) is 44.6. The number of nitrogens with zero attached hydrogens (tertiary/aromatic N) is 3. The standard InChI is InChI=1S/C43H61N9O7/c1-5-37(54)45-33(27-53)25-50(6-2)42(58)46-31-17-19-32(20-18-31)47-43(59)51-24-23-34-21-22-36(52(34)41(57)35(26-51)48-39(55)28(3)44-4)40(56)49-38(29-13-9-7-10-14-29)30-15-11-8-12-16-30/h7-16,27-28,31-36,38,44H,5-6,17-26H2,1-4H3,(H,45,54)(H,46,58)(H,47,59)(H,48,55)(H,49,56)/t28?,31?,32?,33-,34+,35?,36?/m0/s1. The van der Waals surface area contributed by atoms with Gasteiger partial charge in [0, 0.05) is 44.2 Å². The number of aldehydes is 1. The molecule has 1 aliphatic carbocycles. The Balaban J connectivity index is 1.22. The zero-order valence-electron chi connectivity index (χ0n) is 34.7. The van der Waals surface area contributed by atoms with Gasteiger partial charge < -0.3 is 51.4 Å². The minimum Gasteiger partial charge on any atom is -0.345 e. The number of amides is 8. The molecule has 1 saturated carbocycles. The molecule has 59 heavy (non-hydrogen) atoms. The first-order chi connectivity index (χ1) is 28.5. The first-order valence-electron chi connectivity index (χ1n) is 21.0. The average molecular weight is 816 g/mol. The Hall–Kier alpha value is -5.51. The van der Waals surface area contributed by atoms with Crippen LogP contribution in [0, 0.1) is 0 Å². The summed E-state index contributed by atoms with van der Waals surface area (Å²) in [6.45, 7) is 5.84. The van der Waals surface area contributed by atoms with Crippen LogP contribution < -0.4 is 31.9 Å². The number of fused-ring (bicyclic) bond motifs is 1. The van der Waals surface area contributed by atoms with E-state index in [0.717, 1.165) is 11.1 Å². The normalized spacial score (nSPS) is 22.8. The third-order valence-corrected chi connectivity index (χ3v) is 11.8. The smallest absolute Gasteiger partial charge is 0.317 e. The number of hydrogen-bond acceptors (Lipinski definition) is 8. The third-order valence-electron chi connectivity index (χ3n) is 11.8. The van der Waals surface area contributed by atoms with Crippen LogP contribution in [0.15, 0.2) is 60.7 Å². The molecule has 0 radical (unpaired) electrons. The second kappa shape index (κ2) is 21.5. The quantitative estimate of drug-likeness (QED) is 0.147. The Morgan fingerprint density at radius 1 is 0.814 bits per heavy atom. The first-order valence-corrected chi connectivity index (χ1v) is 21.0. The van der Waals surface area contributed by atoms with Gasteiger partial charge in [0.05, 0.1) is 18.6 Å². The van der Waals surface area contributed by atoms with Crippen molar-refractivity contribution in [3.8, 4) is 0 Å². The molecule has 2 aromatic rings. The number of nitrogens with one attached hydrogen (secondary N) is 6. The lowest BCUT2D eigenvalue weighted by atomic mass is 9.91. The maximum atomic E-state index is 14.5. The van der Waals surface area contributed by atoms with Gasteiger partial charge in [-0.1, -0.05) is 67.6 Å². The molecule has 320 valence electrons. The lowest BCUT2D eigenvalue weighted by Gasteiger charge is -2.40. The van der Waals surface area contributed by atoms with Crippen molar-refractivity contribution in [2.75, 3.05) is 33.2 Å². The molecule has 5 atom stereocenters. The molecular weight excluding hydrogens is 755 g/mol. The van der Waals surface area contributed by atoms with Crippen LogP contribution in [0.2, 0.25) is 0 Å². The predicted octanol–water partition coefficient (Wildman–Crippen LogP) is 2.20. The summed E-state index contributed by atoms with van der Waals surface area (Å²) in [6.07, 6.45) is 4.81. The van der Waals surface area contributed by atoms with Crippen molar-refractivity contribution < 1.29 is 33.6 Å². The minimum absolute atomic E-state index is 0.0616. The molecule has 3 aliphatic rings. The van der Waals surface area contributed by atoms with Crippen LogP contribution in [0.3, 0.4) is 0 Å². The van der Waals surface area contributed by atoms with Crippen molar-refractivity contribution in [1.29, 1.82) is 0 Å². The number of rotatable bonds is 15. The summed E-state index contributed by atoms with van der Waals surface area (Å²) in [5.41, 5.74) is 1.82. The van der Waals surface area contributed by atoms with E-state index < -0.39 is 42.0 Å². The van der Waals surface area contributed by atoms with Crippen LogP contribution in [0.4, 0.5) is 9.59 Å². The molecule has 6 N–H and O–H groups in total. The monoisotopic (exact) mass is 815 g/mol. The molecule has 5 rings (SSSR count). The maximum Gasteiger partial charge on any atom is 0.317 e. The molecule has 8 amide bonds. The molecule has 2 aliphatic heterocycles. The van der Waals surface area contributed by atoms with Gasteiger partial charge in [-0.15, -0.1) is 0 Å². The van der Waals surface area contributed by atoms with Crippen molar-refractivity contribution in [2.24, 2.45) is 0 Å². The number of carbonyl (C=O) groups is 7. The van der Waals surface area contributed by atoms with Crippen molar-refractivity contribution in [1.82, 2.24) is 46.6 Å². The Morgan fingerprint density at radius 2 is 1.42 bits per heavy atom.